The number of hydrogen-bond acceptors (Lipinski definition) is 1. The van der Waals surface area contributed by atoms with Crippen LogP contribution < -0.4 is 0 Å². The molecule has 0 bridgehead atoms. The first-order valence-corrected chi connectivity index (χ1v) is 4.86. The molecule has 0 saturated carbocycles. The van der Waals surface area contributed by atoms with E-state index in [1.807, 2.05) is 0 Å². The minimum Gasteiger partial charge on any atom is -0.287 e. The molecule has 1 nitrogen and oxygen atoms in total. The Morgan fingerprint density at radius 2 is 1.50 bits per heavy atom. The molecule has 0 aliphatic rings. The van der Waals surface area contributed by atoms with E-state index < -0.39 is 7.80 Å². The van der Waals surface area contributed by atoms with E-state index in [2.05, 4.69) is 13.8 Å². The maximum absolute atomic E-state index is 10.8. The molecule has 0 aromatic rings. The summed E-state index contributed by atoms with van der Waals surface area (Å²) in [6, 6.07) is 0. The van der Waals surface area contributed by atoms with Crippen molar-refractivity contribution in [3.63, 3.8) is 0 Å². The molecular formula is C6H14OP. The minimum absolute atomic E-state index is 0.831. The highest BCUT2D eigenvalue weighted by atomic mass is 31.1. The summed E-state index contributed by atoms with van der Waals surface area (Å²) >= 11 is 0. The molecular weight excluding hydrogens is 119 g/mol. The van der Waals surface area contributed by atoms with Crippen LogP contribution in [0.2, 0.25) is 0 Å². The molecule has 0 fully saturated rings. The highest BCUT2D eigenvalue weighted by molar-refractivity contribution is 7.44. The van der Waals surface area contributed by atoms with Crippen LogP contribution >= 0.6 is 7.80 Å². The first-order chi connectivity index (χ1) is 3.81. The Bertz CT molecular complexity index is 62.9. The standard InChI is InChI=1S/C6H14OP/c1-3-5-8(7)6-4-2/h3-6H2,1-2H3. The van der Waals surface area contributed by atoms with E-state index in [1.54, 1.807) is 0 Å². The maximum atomic E-state index is 10.8. The molecule has 1 radical (unpaired) electrons. The highest BCUT2D eigenvalue weighted by Crippen LogP contribution is 2.21. The van der Waals surface area contributed by atoms with E-state index >= 15 is 0 Å². The topological polar surface area (TPSA) is 17.1 Å². The third-order valence-electron chi connectivity index (χ3n) is 0.946. The lowest BCUT2D eigenvalue weighted by Crippen LogP contribution is -1.77. The van der Waals surface area contributed by atoms with E-state index in [9.17, 15) is 4.57 Å². The van der Waals surface area contributed by atoms with Crippen LogP contribution in [-0.2, 0) is 4.57 Å². The lowest BCUT2D eigenvalue weighted by atomic mass is 10.6. The monoisotopic (exact) mass is 133 g/mol. The average Bonchev–Trinajstić information content (AvgIpc) is 1.68. The molecule has 0 unspecified atom stereocenters. The Morgan fingerprint density at radius 3 is 1.75 bits per heavy atom. The maximum Gasteiger partial charge on any atom is 0.0718 e. The van der Waals surface area contributed by atoms with Crippen molar-refractivity contribution in [1.29, 1.82) is 0 Å². The molecule has 0 aromatic heterocycles. The van der Waals surface area contributed by atoms with Crippen molar-refractivity contribution in [1.82, 2.24) is 0 Å². The molecule has 0 aliphatic carbocycles. The van der Waals surface area contributed by atoms with Crippen LogP contribution in [0.1, 0.15) is 26.7 Å². The summed E-state index contributed by atoms with van der Waals surface area (Å²) in [5, 5.41) is 0. The summed E-state index contributed by atoms with van der Waals surface area (Å²) in [4.78, 5) is 0. The zero-order valence-electron chi connectivity index (χ0n) is 5.68. The predicted octanol–water partition coefficient (Wildman–Crippen LogP) is 2.63. The average molecular weight is 133 g/mol. The van der Waals surface area contributed by atoms with Gasteiger partial charge in [0.1, 0.15) is 0 Å². The smallest absolute Gasteiger partial charge is 0.0718 e. The lowest BCUT2D eigenvalue weighted by molar-refractivity contribution is 0.586. The summed E-state index contributed by atoms with van der Waals surface area (Å²) < 4.78 is 10.8. The van der Waals surface area contributed by atoms with Gasteiger partial charge in [-0.2, -0.15) is 0 Å². The van der Waals surface area contributed by atoms with Gasteiger partial charge in [-0.1, -0.05) is 13.8 Å². The normalized spacial score (nSPS) is 9.25. The summed E-state index contributed by atoms with van der Waals surface area (Å²) in [5.74, 6) is 0. The number of hydrogen-bond donors (Lipinski definition) is 0. The summed E-state index contributed by atoms with van der Waals surface area (Å²) in [6.07, 6.45) is 3.97. The van der Waals surface area contributed by atoms with Crippen molar-refractivity contribution < 1.29 is 4.57 Å². The summed E-state index contributed by atoms with van der Waals surface area (Å²) in [6.45, 7) is 4.14. The van der Waals surface area contributed by atoms with E-state index in [0.29, 0.717) is 0 Å². The molecule has 49 valence electrons. The van der Waals surface area contributed by atoms with Gasteiger partial charge >= 0.3 is 0 Å². The fraction of sp³-hybridized carbons (Fsp3) is 1.00. The van der Waals surface area contributed by atoms with Crippen LogP contribution in [0.4, 0.5) is 0 Å². The van der Waals surface area contributed by atoms with E-state index in [4.69, 9.17) is 0 Å². The fourth-order valence-electron chi connectivity index (χ4n) is 0.611. The van der Waals surface area contributed by atoms with Crippen molar-refractivity contribution in [2.75, 3.05) is 12.3 Å². The first-order valence-electron chi connectivity index (χ1n) is 3.23. The lowest BCUT2D eigenvalue weighted by Gasteiger charge is -1.92. The molecule has 0 aromatic carbocycles. The Kier molecular flexibility index (Phi) is 5.31. The predicted molar refractivity (Wildman–Crippen MR) is 37.9 cm³/mol. The number of rotatable bonds is 4. The molecule has 0 rings (SSSR count). The minimum atomic E-state index is -0.831. The van der Waals surface area contributed by atoms with Crippen molar-refractivity contribution in [3.8, 4) is 0 Å². The fourth-order valence-corrected chi connectivity index (χ4v) is 1.83. The van der Waals surface area contributed by atoms with Crippen LogP contribution in [0, 0.1) is 0 Å². The molecule has 0 N–H and O–H groups in total. The second kappa shape index (κ2) is 5.24. The van der Waals surface area contributed by atoms with Gasteiger partial charge in [0.25, 0.3) is 0 Å². The zero-order chi connectivity index (χ0) is 6.41. The van der Waals surface area contributed by atoms with Crippen molar-refractivity contribution in [3.05, 3.63) is 0 Å². The Hall–Kier alpha value is 0.100. The van der Waals surface area contributed by atoms with Gasteiger partial charge in [0.2, 0.25) is 0 Å². The van der Waals surface area contributed by atoms with Crippen molar-refractivity contribution in [2.45, 2.75) is 26.7 Å². The summed E-state index contributed by atoms with van der Waals surface area (Å²) in [7, 11) is -0.831. The van der Waals surface area contributed by atoms with Crippen LogP contribution in [0.25, 0.3) is 0 Å². The second-order valence-corrected chi connectivity index (χ2v) is 3.79. The van der Waals surface area contributed by atoms with Crippen LogP contribution in [0.5, 0.6) is 0 Å². The van der Waals surface area contributed by atoms with Gasteiger partial charge in [0.05, 0.1) is 7.80 Å². The second-order valence-electron chi connectivity index (χ2n) is 1.93. The molecule has 2 heteroatoms. The zero-order valence-corrected chi connectivity index (χ0v) is 6.58. The van der Waals surface area contributed by atoms with Gasteiger partial charge in [0, 0.05) is 12.3 Å². The van der Waals surface area contributed by atoms with Gasteiger partial charge in [-0.05, 0) is 12.8 Å². The third-order valence-corrected chi connectivity index (χ3v) is 2.84. The van der Waals surface area contributed by atoms with Gasteiger partial charge in [-0.15, -0.1) is 0 Å². The van der Waals surface area contributed by atoms with E-state index in [-0.39, 0.29) is 0 Å². The van der Waals surface area contributed by atoms with E-state index in [1.165, 1.54) is 0 Å². The van der Waals surface area contributed by atoms with Gasteiger partial charge in [0.15, 0.2) is 0 Å². The van der Waals surface area contributed by atoms with Gasteiger partial charge < -0.3 is 0 Å². The van der Waals surface area contributed by atoms with Crippen LogP contribution in [0.3, 0.4) is 0 Å². The Balaban J connectivity index is 3.06. The molecule has 0 spiro atoms. The van der Waals surface area contributed by atoms with Crippen molar-refractivity contribution in [2.24, 2.45) is 0 Å². The molecule has 0 aliphatic heterocycles. The van der Waals surface area contributed by atoms with Crippen LogP contribution in [0.15, 0.2) is 0 Å². The summed E-state index contributed by atoms with van der Waals surface area (Å²) in [5.41, 5.74) is 0. The van der Waals surface area contributed by atoms with Crippen LogP contribution in [-0.4, -0.2) is 12.3 Å². The Morgan fingerprint density at radius 1 is 1.12 bits per heavy atom. The van der Waals surface area contributed by atoms with Gasteiger partial charge in [-0.25, -0.2) is 0 Å². The molecule has 0 heterocycles. The van der Waals surface area contributed by atoms with Gasteiger partial charge in [-0.3, -0.25) is 4.57 Å². The highest BCUT2D eigenvalue weighted by Gasteiger charge is 1.93. The molecule has 0 saturated heterocycles. The largest absolute Gasteiger partial charge is 0.287 e. The SMILES string of the molecule is CCC[P](=O)CCC. The Labute approximate surface area is 52.3 Å². The molecule has 8 heavy (non-hydrogen) atoms. The van der Waals surface area contributed by atoms with Crippen molar-refractivity contribution >= 4 is 7.80 Å². The van der Waals surface area contributed by atoms with E-state index in [0.717, 1.165) is 25.2 Å². The first kappa shape index (κ1) is 8.10. The molecule has 0 amide bonds. The third kappa shape index (κ3) is 4.26. The quantitative estimate of drug-likeness (QED) is 0.539. The molecule has 0 atom stereocenters.